The summed E-state index contributed by atoms with van der Waals surface area (Å²) in [6.45, 7) is 6.58. The molecule has 0 spiro atoms. The molecule has 2 aromatic rings. The molecule has 0 aliphatic carbocycles. The number of aromatic nitrogens is 2. The van der Waals surface area contributed by atoms with Crippen LogP contribution in [-0.4, -0.2) is 23.2 Å². The van der Waals surface area contributed by atoms with Crippen molar-refractivity contribution in [2.75, 3.05) is 18.0 Å². The van der Waals surface area contributed by atoms with Crippen molar-refractivity contribution in [2.45, 2.75) is 26.7 Å². The summed E-state index contributed by atoms with van der Waals surface area (Å²) < 4.78 is 5.37. The first-order valence-corrected chi connectivity index (χ1v) is 6.78. The molecule has 1 aliphatic rings. The fourth-order valence-electron chi connectivity index (χ4n) is 2.64. The number of anilines is 1. The number of hydrogen-bond donors (Lipinski definition) is 0. The van der Waals surface area contributed by atoms with Crippen LogP contribution in [0.2, 0.25) is 0 Å². The minimum absolute atomic E-state index is 0.325. The van der Waals surface area contributed by atoms with Crippen LogP contribution in [0.15, 0.2) is 34.9 Å². The molecule has 2 heterocycles. The smallest absolute Gasteiger partial charge is 0.266 e. The molecule has 4 heteroatoms. The van der Waals surface area contributed by atoms with Gasteiger partial charge in [0.25, 0.3) is 11.8 Å². The third-order valence-corrected chi connectivity index (χ3v) is 3.62. The zero-order valence-corrected chi connectivity index (χ0v) is 11.5. The van der Waals surface area contributed by atoms with Crippen molar-refractivity contribution in [3.63, 3.8) is 0 Å². The molecule has 0 atom stereocenters. The summed E-state index contributed by atoms with van der Waals surface area (Å²) in [5.41, 5.74) is 1.30. The molecule has 1 aromatic carbocycles. The zero-order chi connectivity index (χ0) is 13.3. The van der Waals surface area contributed by atoms with E-state index in [0.29, 0.717) is 17.3 Å². The van der Waals surface area contributed by atoms with E-state index in [-0.39, 0.29) is 0 Å². The molecule has 0 saturated carbocycles. The van der Waals surface area contributed by atoms with Gasteiger partial charge in [0.05, 0.1) is 0 Å². The molecule has 0 bridgehead atoms. The van der Waals surface area contributed by atoms with E-state index in [2.05, 4.69) is 28.9 Å². The molecule has 1 fully saturated rings. The van der Waals surface area contributed by atoms with E-state index in [0.717, 1.165) is 18.7 Å². The fourth-order valence-corrected chi connectivity index (χ4v) is 2.64. The molecular weight excluding hydrogens is 238 g/mol. The van der Waals surface area contributed by atoms with Crippen LogP contribution in [-0.2, 0) is 0 Å². The molecule has 0 unspecified atom stereocenters. The van der Waals surface area contributed by atoms with Gasteiger partial charge in [0.15, 0.2) is 0 Å². The Morgan fingerprint density at radius 2 is 2.00 bits per heavy atom. The van der Waals surface area contributed by atoms with Gasteiger partial charge in [-0.05, 0) is 35.5 Å². The minimum Gasteiger partial charge on any atom is -0.338 e. The molecule has 1 aromatic heterocycles. The summed E-state index contributed by atoms with van der Waals surface area (Å²) >= 11 is 0. The van der Waals surface area contributed by atoms with E-state index in [1.165, 1.54) is 12.8 Å². The number of rotatable bonds is 2. The van der Waals surface area contributed by atoms with Crippen molar-refractivity contribution >= 4 is 5.95 Å². The average Bonchev–Trinajstić information content (AvgIpc) is 2.88. The fraction of sp³-hybridized carbons (Fsp3) is 0.467. The second kappa shape index (κ2) is 4.68. The van der Waals surface area contributed by atoms with Crippen LogP contribution in [0.25, 0.3) is 11.5 Å². The molecule has 100 valence electrons. The van der Waals surface area contributed by atoms with E-state index in [9.17, 15) is 0 Å². The summed E-state index contributed by atoms with van der Waals surface area (Å²) in [6.07, 6.45) is 2.44. The highest BCUT2D eigenvalue weighted by atomic mass is 16.5. The monoisotopic (exact) mass is 257 g/mol. The number of nitrogens with zero attached hydrogens (tertiary/aromatic N) is 3. The SMILES string of the molecule is CC1(C)CCCN(c2noc(-c3ccccc3)n2)C1. The van der Waals surface area contributed by atoms with Gasteiger partial charge in [0.1, 0.15) is 0 Å². The predicted octanol–water partition coefficient (Wildman–Crippen LogP) is 3.36. The third-order valence-electron chi connectivity index (χ3n) is 3.62. The molecule has 0 N–H and O–H groups in total. The lowest BCUT2D eigenvalue weighted by Crippen LogP contribution is -2.40. The van der Waals surface area contributed by atoms with E-state index < -0.39 is 0 Å². The van der Waals surface area contributed by atoms with Gasteiger partial charge in [-0.25, -0.2) is 0 Å². The lowest BCUT2D eigenvalue weighted by atomic mass is 9.84. The maximum absolute atomic E-state index is 5.37. The maximum Gasteiger partial charge on any atom is 0.266 e. The van der Waals surface area contributed by atoms with Crippen molar-refractivity contribution in [3.05, 3.63) is 30.3 Å². The summed E-state index contributed by atoms with van der Waals surface area (Å²) in [4.78, 5) is 6.74. The highest BCUT2D eigenvalue weighted by molar-refractivity contribution is 5.54. The van der Waals surface area contributed by atoms with Crippen molar-refractivity contribution in [3.8, 4) is 11.5 Å². The second-order valence-electron chi connectivity index (χ2n) is 5.95. The number of hydrogen-bond acceptors (Lipinski definition) is 4. The van der Waals surface area contributed by atoms with E-state index >= 15 is 0 Å². The van der Waals surface area contributed by atoms with E-state index in [1.807, 2.05) is 30.3 Å². The second-order valence-corrected chi connectivity index (χ2v) is 5.95. The highest BCUT2D eigenvalue weighted by Gasteiger charge is 2.28. The van der Waals surface area contributed by atoms with Crippen molar-refractivity contribution < 1.29 is 4.52 Å². The van der Waals surface area contributed by atoms with Gasteiger partial charge in [-0.3, -0.25) is 0 Å². The van der Waals surface area contributed by atoms with Gasteiger partial charge >= 0.3 is 0 Å². The van der Waals surface area contributed by atoms with Crippen molar-refractivity contribution in [1.29, 1.82) is 0 Å². The standard InChI is InChI=1S/C15H19N3O/c1-15(2)9-6-10-18(11-15)14-16-13(19-17-14)12-7-4-3-5-8-12/h3-5,7-8H,6,9-11H2,1-2H3. The maximum atomic E-state index is 5.37. The third kappa shape index (κ3) is 2.62. The van der Waals surface area contributed by atoms with Crippen LogP contribution in [0.1, 0.15) is 26.7 Å². The summed E-state index contributed by atoms with van der Waals surface area (Å²) in [5, 5.41) is 4.12. The molecule has 19 heavy (non-hydrogen) atoms. The Labute approximate surface area is 113 Å². The quantitative estimate of drug-likeness (QED) is 0.827. The average molecular weight is 257 g/mol. The Balaban J connectivity index is 1.82. The topological polar surface area (TPSA) is 42.2 Å². The van der Waals surface area contributed by atoms with Gasteiger partial charge in [-0.1, -0.05) is 32.0 Å². The first kappa shape index (κ1) is 12.2. The molecule has 0 amide bonds. The number of piperidine rings is 1. The Kier molecular flexibility index (Phi) is 3.01. The van der Waals surface area contributed by atoms with Crippen LogP contribution in [0.5, 0.6) is 0 Å². The number of benzene rings is 1. The Hall–Kier alpha value is -1.84. The van der Waals surface area contributed by atoms with Gasteiger partial charge < -0.3 is 9.42 Å². The highest BCUT2D eigenvalue weighted by Crippen LogP contribution is 2.31. The first-order chi connectivity index (χ1) is 9.14. The molecule has 1 saturated heterocycles. The zero-order valence-electron chi connectivity index (χ0n) is 11.5. The summed E-state index contributed by atoms with van der Waals surface area (Å²) in [5.74, 6) is 1.31. The van der Waals surface area contributed by atoms with Crippen LogP contribution in [0, 0.1) is 5.41 Å². The summed E-state index contributed by atoms with van der Waals surface area (Å²) in [7, 11) is 0. The first-order valence-electron chi connectivity index (χ1n) is 6.78. The van der Waals surface area contributed by atoms with Crippen LogP contribution in [0.3, 0.4) is 0 Å². The lowest BCUT2D eigenvalue weighted by Gasteiger charge is -2.37. The Morgan fingerprint density at radius 3 is 2.74 bits per heavy atom. The van der Waals surface area contributed by atoms with Crippen LogP contribution in [0.4, 0.5) is 5.95 Å². The van der Waals surface area contributed by atoms with Gasteiger partial charge in [-0.2, -0.15) is 4.98 Å². The van der Waals surface area contributed by atoms with Crippen LogP contribution >= 0.6 is 0 Å². The Morgan fingerprint density at radius 1 is 1.21 bits per heavy atom. The molecule has 3 rings (SSSR count). The molecule has 4 nitrogen and oxygen atoms in total. The lowest BCUT2D eigenvalue weighted by molar-refractivity contribution is 0.289. The molecule has 0 radical (unpaired) electrons. The van der Waals surface area contributed by atoms with Gasteiger partial charge in [0, 0.05) is 18.7 Å². The largest absolute Gasteiger partial charge is 0.338 e. The van der Waals surface area contributed by atoms with Gasteiger partial charge in [0.2, 0.25) is 0 Å². The normalized spacial score (nSPS) is 18.5. The molecular formula is C15H19N3O. The van der Waals surface area contributed by atoms with E-state index in [4.69, 9.17) is 4.52 Å². The predicted molar refractivity (Wildman–Crippen MR) is 75.0 cm³/mol. The molecule has 1 aliphatic heterocycles. The summed E-state index contributed by atoms with van der Waals surface area (Å²) in [6, 6.07) is 9.90. The van der Waals surface area contributed by atoms with Crippen molar-refractivity contribution in [1.82, 2.24) is 10.1 Å². The van der Waals surface area contributed by atoms with Crippen molar-refractivity contribution in [2.24, 2.45) is 5.41 Å². The minimum atomic E-state index is 0.325. The van der Waals surface area contributed by atoms with Gasteiger partial charge in [-0.15, -0.1) is 0 Å². The van der Waals surface area contributed by atoms with E-state index in [1.54, 1.807) is 0 Å². The Bertz CT molecular complexity index is 548. The van der Waals surface area contributed by atoms with Crippen LogP contribution < -0.4 is 4.90 Å².